The zero-order valence-electron chi connectivity index (χ0n) is 17.1. The molecule has 0 heterocycles. The normalized spacial score (nSPS) is 14.6. The molecular formula is C24H28N2O3. The fourth-order valence-electron chi connectivity index (χ4n) is 3.66. The lowest BCUT2D eigenvalue weighted by atomic mass is 9.94. The van der Waals surface area contributed by atoms with Gasteiger partial charge in [-0.1, -0.05) is 43.5 Å². The molecule has 5 nitrogen and oxygen atoms in total. The van der Waals surface area contributed by atoms with Crippen LogP contribution in [0.2, 0.25) is 0 Å². The Morgan fingerprint density at radius 2 is 1.72 bits per heavy atom. The topological polar surface area (TPSA) is 58.6 Å². The highest BCUT2D eigenvalue weighted by atomic mass is 16.5. The molecule has 0 atom stereocenters. The first-order chi connectivity index (χ1) is 14.1. The monoisotopic (exact) mass is 392 g/mol. The Labute approximate surface area is 172 Å². The molecule has 5 heteroatoms. The van der Waals surface area contributed by atoms with Gasteiger partial charge in [0.15, 0.2) is 0 Å². The van der Waals surface area contributed by atoms with Crippen LogP contribution in [0.15, 0.2) is 54.6 Å². The number of carbonyl (C=O) groups excluding carboxylic acids is 2. The third kappa shape index (κ3) is 5.47. The van der Waals surface area contributed by atoms with Crippen molar-refractivity contribution in [3.63, 3.8) is 0 Å². The van der Waals surface area contributed by atoms with Gasteiger partial charge < -0.3 is 15.0 Å². The maximum Gasteiger partial charge on any atom is 0.255 e. The van der Waals surface area contributed by atoms with Gasteiger partial charge in [0.05, 0.1) is 18.4 Å². The second-order valence-electron chi connectivity index (χ2n) is 7.35. The lowest BCUT2D eigenvalue weighted by molar-refractivity contribution is -0.111. The maximum absolute atomic E-state index is 13.0. The highest BCUT2D eigenvalue weighted by Crippen LogP contribution is 2.25. The first kappa shape index (κ1) is 20.6. The van der Waals surface area contributed by atoms with Crippen molar-refractivity contribution >= 4 is 23.6 Å². The third-order valence-corrected chi connectivity index (χ3v) is 5.40. The molecule has 0 unspecified atom stereocenters. The predicted octanol–water partition coefficient (Wildman–Crippen LogP) is 4.75. The molecule has 0 aromatic heterocycles. The van der Waals surface area contributed by atoms with E-state index >= 15 is 0 Å². The summed E-state index contributed by atoms with van der Waals surface area (Å²) < 4.78 is 5.13. The molecule has 1 aliphatic carbocycles. The van der Waals surface area contributed by atoms with Crippen molar-refractivity contribution in [3.05, 3.63) is 65.7 Å². The number of amides is 2. The molecule has 0 spiro atoms. The van der Waals surface area contributed by atoms with E-state index in [0.717, 1.165) is 37.0 Å². The van der Waals surface area contributed by atoms with Crippen LogP contribution in [0.4, 0.5) is 5.69 Å². The van der Waals surface area contributed by atoms with Crippen LogP contribution >= 0.6 is 0 Å². The first-order valence-corrected chi connectivity index (χ1v) is 10.1. The summed E-state index contributed by atoms with van der Waals surface area (Å²) in [7, 11) is 3.48. The van der Waals surface area contributed by atoms with Crippen LogP contribution in [0, 0.1) is 0 Å². The van der Waals surface area contributed by atoms with Crippen molar-refractivity contribution in [1.82, 2.24) is 4.90 Å². The smallest absolute Gasteiger partial charge is 0.255 e. The zero-order chi connectivity index (χ0) is 20.6. The molecule has 1 fully saturated rings. The molecule has 0 bridgehead atoms. The number of carbonyl (C=O) groups is 2. The second kappa shape index (κ2) is 9.92. The molecule has 1 aliphatic rings. The van der Waals surface area contributed by atoms with Gasteiger partial charge in [-0.15, -0.1) is 0 Å². The van der Waals surface area contributed by atoms with Gasteiger partial charge in [-0.05, 0) is 48.7 Å². The van der Waals surface area contributed by atoms with Crippen LogP contribution in [0.25, 0.3) is 6.08 Å². The minimum absolute atomic E-state index is 0.0491. The summed E-state index contributed by atoms with van der Waals surface area (Å²) in [6.07, 6.45) is 8.85. The van der Waals surface area contributed by atoms with E-state index in [1.54, 1.807) is 25.3 Å². The number of anilines is 1. The summed E-state index contributed by atoms with van der Waals surface area (Å²) in [5.74, 6) is 0.439. The second-order valence-corrected chi connectivity index (χ2v) is 7.35. The van der Waals surface area contributed by atoms with Crippen LogP contribution in [-0.2, 0) is 4.79 Å². The maximum atomic E-state index is 13.0. The average Bonchev–Trinajstić information content (AvgIpc) is 2.78. The van der Waals surface area contributed by atoms with Gasteiger partial charge in [-0.3, -0.25) is 9.59 Å². The number of nitrogens with one attached hydrogen (secondary N) is 1. The van der Waals surface area contributed by atoms with E-state index in [9.17, 15) is 9.59 Å². The lowest BCUT2D eigenvalue weighted by Crippen LogP contribution is -2.38. The van der Waals surface area contributed by atoms with Gasteiger partial charge in [0.1, 0.15) is 5.75 Å². The SMILES string of the molecule is COc1ccc(/C=C/C(=O)Nc2ccccc2C(=O)N(C)C2CCCCC2)cc1. The fraction of sp³-hybridized carbons (Fsp3) is 0.333. The van der Waals surface area contributed by atoms with Gasteiger partial charge in [0.25, 0.3) is 5.91 Å². The third-order valence-electron chi connectivity index (χ3n) is 5.40. The van der Waals surface area contributed by atoms with Crippen molar-refractivity contribution in [2.24, 2.45) is 0 Å². The molecule has 0 aliphatic heterocycles. The van der Waals surface area contributed by atoms with E-state index in [4.69, 9.17) is 4.74 Å². The summed E-state index contributed by atoms with van der Waals surface area (Å²) in [6.45, 7) is 0. The molecule has 0 saturated heterocycles. The van der Waals surface area contributed by atoms with Crippen LogP contribution in [0.1, 0.15) is 48.0 Å². The highest BCUT2D eigenvalue weighted by molar-refractivity contribution is 6.07. The Kier molecular flexibility index (Phi) is 7.06. The molecule has 2 aromatic carbocycles. The Balaban J connectivity index is 1.68. The number of para-hydroxylation sites is 1. The van der Waals surface area contributed by atoms with E-state index in [2.05, 4.69) is 5.32 Å². The summed E-state index contributed by atoms with van der Waals surface area (Å²) >= 11 is 0. The summed E-state index contributed by atoms with van der Waals surface area (Å²) in [5.41, 5.74) is 1.94. The van der Waals surface area contributed by atoms with Crippen LogP contribution < -0.4 is 10.1 Å². The minimum Gasteiger partial charge on any atom is -0.497 e. The molecule has 152 valence electrons. The number of rotatable bonds is 6. The van der Waals surface area contributed by atoms with E-state index in [1.807, 2.05) is 48.3 Å². The van der Waals surface area contributed by atoms with Crippen LogP contribution in [0.3, 0.4) is 0 Å². The van der Waals surface area contributed by atoms with Gasteiger partial charge in [0.2, 0.25) is 5.91 Å². The lowest BCUT2D eigenvalue weighted by Gasteiger charge is -2.31. The van der Waals surface area contributed by atoms with E-state index < -0.39 is 0 Å². The number of ether oxygens (including phenoxy) is 1. The predicted molar refractivity (Wildman–Crippen MR) is 116 cm³/mol. The number of hydrogen-bond acceptors (Lipinski definition) is 3. The quantitative estimate of drug-likeness (QED) is 0.722. The van der Waals surface area contributed by atoms with Crippen molar-refractivity contribution in [2.45, 2.75) is 38.1 Å². The summed E-state index contributed by atoms with van der Waals surface area (Å²) in [6, 6.07) is 14.9. The molecule has 2 aromatic rings. The summed E-state index contributed by atoms with van der Waals surface area (Å²) in [5, 5.41) is 2.84. The fourth-order valence-corrected chi connectivity index (χ4v) is 3.66. The Hall–Kier alpha value is -3.08. The van der Waals surface area contributed by atoms with E-state index in [0.29, 0.717) is 11.3 Å². The Bertz CT molecular complexity index is 868. The van der Waals surface area contributed by atoms with Gasteiger partial charge in [0, 0.05) is 19.2 Å². The molecule has 1 saturated carbocycles. The molecule has 29 heavy (non-hydrogen) atoms. The Morgan fingerprint density at radius 3 is 2.41 bits per heavy atom. The van der Waals surface area contributed by atoms with Crippen LogP contribution in [0.5, 0.6) is 5.75 Å². The van der Waals surface area contributed by atoms with E-state index in [-0.39, 0.29) is 17.9 Å². The molecule has 2 amide bonds. The largest absolute Gasteiger partial charge is 0.497 e. The Morgan fingerprint density at radius 1 is 1.03 bits per heavy atom. The average molecular weight is 392 g/mol. The van der Waals surface area contributed by atoms with Crippen molar-refractivity contribution in [1.29, 1.82) is 0 Å². The molecule has 0 radical (unpaired) electrons. The highest BCUT2D eigenvalue weighted by Gasteiger charge is 2.24. The zero-order valence-corrected chi connectivity index (χ0v) is 17.1. The van der Waals surface area contributed by atoms with Crippen LogP contribution in [-0.4, -0.2) is 36.9 Å². The summed E-state index contributed by atoms with van der Waals surface area (Å²) in [4.78, 5) is 27.3. The minimum atomic E-state index is -0.276. The number of hydrogen-bond donors (Lipinski definition) is 1. The van der Waals surface area contributed by atoms with E-state index in [1.165, 1.54) is 12.5 Å². The molecular weight excluding hydrogens is 364 g/mol. The number of nitrogens with zero attached hydrogens (tertiary/aromatic N) is 1. The first-order valence-electron chi connectivity index (χ1n) is 10.1. The molecule has 1 N–H and O–H groups in total. The number of benzene rings is 2. The molecule has 3 rings (SSSR count). The van der Waals surface area contributed by atoms with Gasteiger partial charge >= 0.3 is 0 Å². The van der Waals surface area contributed by atoms with Crippen molar-refractivity contribution < 1.29 is 14.3 Å². The van der Waals surface area contributed by atoms with Gasteiger partial charge in [-0.25, -0.2) is 0 Å². The number of methoxy groups -OCH3 is 1. The standard InChI is InChI=1S/C24H28N2O3/c1-26(19-8-4-3-5-9-19)24(28)21-10-6-7-11-22(21)25-23(27)17-14-18-12-15-20(29-2)16-13-18/h6-7,10-17,19H,3-5,8-9H2,1-2H3,(H,25,27)/b17-14+. The van der Waals surface area contributed by atoms with Crippen molar-refractivity contribution in [2.75, 3.05) is 19.5 Å². The van der Waals surface area contributed by atoms with Gasteiger partial charge in [-0.2, -0.15) is 0 Å². The van der Waals surface area contributed by atoms with Crippen molar-refractivity contribution in [3.8, 4) is 5.75 Å².